The number of benzene rings is 1. The first-order valence-electron chi connectivity index (χ1n) is 10.1. The van der Waals surface area contributed by atoms with Crippen LogP contribution in [-0.2, 0) is 20.7 Å². The summed E-state index contributed by atoms with van der Waals surface area (Å²) in [7, 11) is 0. The molecule has 0 bridgehead atoms. The van der Waals surface area contributed by atoms with Crippen LogP contribution in [0.3, 0.4) is 0 Å². The molecule has 1 saturated heterocycles. The first-order valence-corrected chi connectivity index (χ1v) is 11.1. The summed E-state index contributed by atoms with van der Waals surface area (Å²) in [6.07, 6.45) is 3.94. The molecular formula is C23H33NO2S. The molecule has 0 aromatic heterocycles. The van der Waals surface area contributed by atoms with Crippen LogP contribution in [-0.4, -0.2) is 35.3 Å². The molecule has 2 aliphatic heterocycles. The molecular weight excluding hydrogens is 354 g/mol. The minimum atomic E-state index is 0.0145. The number of carbonyl (C=O) groups is 1. The van der Waals surface area contributed by atoms with E-state index in [0.29, 0.717) is 12.5 Å². The van der Waals surface area contributed by atoms with Gasteiger partial charge in [0.25, 0.3) is 0 Å². The predicted octanol–water partition coefficient (Wildman–Crippen LogP) is 5.15. The predicted molar refractivity (Wildman–Crippen MR) is 114 cm³/mol. The maximum absolute atomic E-state index is 13.2. The zero-order valence-corrected chi connectivity index (χ0v) is 18.1. The van der Waals surface area contributed by atoms with Gasteiger partial charge in [0.2, 0.25) is 5.91 Å². The van der Waals surface area contributed by atoms with Gasteiger partial charge in [-0.25, -0.2) is 0 Å². The summed E-state index contributed by atoms with van der Waals surface area (Å²) in [5.74, 6) is 2.67. The van der Waals surface area contributed by atoms with Crippen molar-refractivity contribution < 1.29 is 9.53 Å². The van der Waals surface area contributed by atoms with Gasteiger partial charge in [-0.3, -0.25) is 4.79 Å². The lowest BCUT2D eigenvalue weighted by Crippen LogP contribution is -2.42. The van der Waals surface area contributed by atoms with Crippen LogP contribution < -0.4 is 0 Å². The number of hydrogen-bond donors (Lipinski definition) is 0. The summed E-state index contributed by atoms with van der Waals surface area (Å²) in [6.45, 7) is 12.5. The average molecular weight is 388 g/mol. The van der Waals surface area contributed by atoms with Crippen LogP contribution in [0.1, 0.15) is 58.6 Å². The molecule has 3 rings (SSSR count). The molecule has 1 aromatic carbocycles. The Bertz CT molecular complexity index is 687. The Hall–Kier alpha value is -1.42. The fourth-order valence-electron chi connectivity index (χ4n) is 3.74. The zero-order valence-electron chi connectivity index (χ0n) is 17.3. The van der Waals surface area contributed by atoms with E-state index in [-0.39, 0.29) is 22.6 Å². The number of fused-ring (bicyclic) bond motifs is 1. The van der Waals surface area contributed by atoms with Crippen molar-refractivity contribution in [1.29, 1.82) is 0 Å². The topological polar surface area (TPSA) is 29.5 Å². The first-order chi connectivity index (χ1) is 12.8. The van der Waals surface area contributed by atoms with Gasteiger partial charge in [0.15, 0.2) is 0 Å². The maximum atomic E-state index is 13.2. The van der Waals surface area contributed by atoms with Gasteiger partial charge in [-0.2, -0.15) is 0 Å². The molecule has 2 atom stereocenters. The van der Waals surface area contributed by atoms with E-state index in [1.807, 2.05) is 4.90 Å². The molecule has 1 fully saturated rings. The van der Waals surface area contributed by atoms with Crippen molar-refractivity contribution in [2.24, 2.45) is 5.92 Å². The van der Waals surface area contributed by atoms with E-state index in [4.69, 9.17) is 4.74 Å². The molecule has 0 aliphatic carbocycles. The van der Waals surface area contributed by atoms with Crippen molar-refractivity contribution >= 4 is 17.7 Å². The normalized spacial score (nSPS) is 20.4. The van der Waals surface area contributed by atoms with E-state index in [0.717, 1.165) is 31.0 Å². The second-order valence-electron chi connectivity index (χ2n) is 9.13. The van der Waals surface area contributed by atoms with Gasteiger partial charge in [0.1, 0.15) is 5.76 Å². The smallest absolute Gasteiger partial charge is 0.236 e. The largest absolute Gasteiger partial charge is 0.496 e. The lowest BCUT2D eigenvalue weighted by molar-refractivity contribution is -0.131. The highest BCUT2D eigenvalue weighted by molar-refractivity contribution is 7.99. The second kappa shape index (κ2) is 8.30. The lowest BCUT2D eigenvalue weighted by atomic mass is 9.87. The van der Waals surface area contributed by atoms with E-state index in [2.05, 4.69) is 65.0 Å². The van der Waals surface area contributed by atoms with Gasteiger partial charge < -0.3 is 9.64 Å². The summed E-state index contributed by atoms with van der Waals surface area (Å²) in [5, 5.41) is 0.0145. The van der Waals surface area contributed by atoms with Gasteiger partial charge in [-0.05, 0) is 35.0 Å². The van der Waals surface area contributed by atoms with Crippen LogP contribution in [0.15, 0.2) is 36.1 Å². The Kier molecular flexibility index (Phi) is 6.25. The SMILES string of the molecule is CC(C)CC(SCc1ccc(C(C)(C)C)cc1)C(=O)N1CC=C2OCCC21. The van der Waals surface area contributed by atoms with Crippen molar-refractivity contribution in [1.82, 2.24) is 4.90 Å². The number of carbonyl (C=O) groups excluding carboxylic acids is 1. The zero-order chi connectivity index (χ0) is 19.6. The van der Waals surface area contributed by atoms with Crippen LogP contribution in [0.5, 0.6) is 0 Å². The minimum absolute atomic E-state index is 0.0145. The highest BCUT2D eigenvalue weighted by Gasteiger charge is 2.38. The third-order valence-corrected chi connectivity index (χ3v) is 6.67. The Balaban J connectivity index is 1.64. The monoisotopic (exact) mass is 387 g/mol. The van der Waals surface area contributed by atoms with E-state index < -0.39 is 0 Å². The third kappa shape index (κ3) is 4.90. The van der Waals surface area contributed by atoms with E-state index >= 15 is 0 Å². The average Bonchev–Trinajstić information content (AvgIpc) is 3.20. The van der Waals surface area contributed by atoms with Crippen LogP contribution in [0, 0.1) is 5.92 Å². The van der Waals surface area contributed by atoms with Gasteiger partial charge >= 0.3 is 0 Å². The van der Waals surface area contributed by atoms with Crippen LogP contribution in [0.4, 0.5) is 0 Å². The summed E-state index contributed by atoms with van der Waals surface area (Å²) >= 11 is 1.79. The number of thioether (sulfide) groups is 1. The number of rotatable bonds is 6. The highest BCUT2D eigenvalue weighted by atomic mass is 32.2. The number of amides is 1. The molecule has 2 unspecified atom stereocenters. The van der Waals surface area contributed by atoms with Crippen molar-refractivity contribution in [3.05, 3.63) is 47.2 Å². The maximum Gasteiger partial charge on any atom is 0.236 e. The fraction of sp³-hybridized carbons (Fsp3) is 0.609. The summed E-state index contributed by atoms with van der Waals surface area (Å²) in [4.78, 5) is 15.3. The Labute approximate surface area is 168 Å². The lowest BCUT2D eigenvalue weighted by Gasteiger charge is -2.28. The molecule has 0 saturated carbocycles. The van der Waals surface area contributed by atoms with E-state index in [1.165, 1.54) is 11.1 Å². The van der Waals surface area contributed by atoms with E-state index in [1.54, 1.807) is 11.8 Å². The number of nitrogens with zero attached hydrogens (tertiary/aromatic N) is 1. The first kappa shape index (κ1) is 20.3. The highest BCUT2D eigenvalue weighted by Crippen LogP contribution is 2.33. The molecule has 0 radical (unpaired) electrons. The van der Waals surface area contributed by atoms with Crippen LogP contribution >= 0.6 is 11.8 Å². The quantitative estimate of drug-likeness (QED) is 0.676. The van der Waals surface area contributed by atoms with Crippen LogP contribution in [0.25, 0.3) is 0 Å². The number of ether oxygens (including phenoxy) is 1. The van der Waals surface area contributed by atoms with Crippen molar-refractivity contribution in [3.8, 4) is 0 Å². The fourth-order valence-corrected chi connectivity index (χ4v) is 5.13. The van der Waals surface area contributed by atoms with Crippen molar-refractivity contribution in [3.63, 3.8) is 0 Å². The summed E-state index contributed by atoms with van der Waals surface area (Å²) in [6, 6.07) is 9.05. The van der Waals surface area contributed by atoms with Gasteiger partial charge in [0, 0.05) is 18.7 Å². The molecule has 1 amide bonds. The molecule has 0 N–H and O–H groups in total. The summed E-state index contributed by atoms with van der Waals surface area (Å²) in [5.41, 5.74) is 2.81. The van der Waals surface area contributed by atoms with Gasteiger partial charge in [-0.1, -0.05) is 58.9 Å². The van der Waals surface area contributed by atoms with Gasteiger partial charge in [0.05, 0.1) is 17.9 Å². The molecule has 4 heteroatoms. The molecule has 148 valence electrons. The Morgan fingerprint density at radius 3 is 2.59 bits per heavy atom. The Morgan fingerprint density at radius 1 is 1.26 bits per heavy atom. The molecule has 27 heavy (non-hydrogen) atoms. The van der Waals surface area contributed by atoms with Gasteiger partial charge in [-0.15, -0.1) is 11.8 Å². The Morgan fingerprint density at radius 2 is 1.96 bits per heavy atom. The molecule has 0 spiro atoms. The third-order valence-electron chi connectivity index (χ3n) is 5.37. The standard InChI is InChI=1S/C23H33NO2S/c1-16(2)14-21(22(25)24-12-10-20-19(24)11-13-26-20)27-15-17-6-8-18(9-7-17)23(3,4)5/h6-10,16,19,21H,11-15H2,1-5H3. The van der Waals surface area contributed by atoms with Crippen LogP contribution in [0.2, 0.25) is 0 Å². The van der Waals surface area contributed by atoms with E-state index in [9.17, 15) is 4.79 Å². The molecule has 2 aliphatic rings. The molecule has 3 nitrogen and oxygen atoms in total. The number of hydrogen-bond acceptors (Lipinski definition) is 3. The van der Waals surface area contributed by atoms with Crippen molar-refractivity contribution in [2.45, 2.75) is 69.9 Å². The summed E-state index contributed by atoms with van der Waals surface area (Å²) < 4.78 is 5.65. The second-order valence-corrected chi connectivity index (χ2v) is 10.3. The minimum Gasteiger partial charge on any atom is -0.496 e. The molecule has 2 heterocycles. The van der Waals surface area contributed by atoms with Crippen molar-refractivity contribution in [2.75, 3.05) is 13.2 Å². The molecule has 1 aromatic rings.